The number of amides is 2. The van der Waals surface area contributed by atoms with Crippen LogP contribution in [0.5, 0.6) is 0 Å². The zero-order valence-electron chi connectivity index (χ0n) is 15.7. The first-order valence-electron chi connectivity index (χ1n) is 8.63. The number of aryl methyl sites for hydroxylation is 2. The number of likely N-dealkylation sites (N-methyl/N-ethyl adjacent to an activating group) is 1. The van der Waals surface area contributed by atoms with Gasteiger partial charge >= 0.3 is 0 Å². The van der Waals surface area contributed by atoms with Crippen LogP contribution in [0.1, 0.15) is 29.2 Å². The molecular formula is C21H25ClN2O2. The maximum Gasteiger partial charge on any atom is 0.242 e. The molecule has 2 amide bonds. The topological polar surface area (TPSA) is 49.4 Å². The Morgan fingerprint density at radius 2 is 1.88 bits per heavy atom. The van der Waals surface area contributed by atoms with Gasteiger partial charge in [-0.25, -0.2) is 0 Å². The summed E-state index contributed by atoms with van der Waals surface area (Å²) in [5.74, 6) is -0.281. The largest absolute Gasteiger partial charge is 0.357 e. The Hall–Kier alpha value is -2.33. The maximum absolute atomic E-state index is 13.0. The van der Waals surface area contributed by atoms with E-state index >= 15 is 0 Å². The molecule has 0 spiro atoms. The first kappa shape index (κ1) is 20.0. The Balaban J connectivity index is 2.28. The minimum Gasteiger partial charge on any atom is -0.357 e. The number of hydrogen-bond donors (Lipinski definition) is 1. The van der Waals surface area contributed by atoms with Gasteiger partial charge in [0.1, 0.15) is 6.04 Å². The average Bonchev–Trinajstić information content (AvgIpc) is 2.61. The number of halogens is 1. The Morgan fingerprint density at radius 1 is 1.15 bits per heavy atom. The highest BCUT2D eigenvalue weighted by molar-refractivity contribution is 6.30. The van der Waals surface area contributed by atoms with E-state index in [-0.39, 0.29) is 18.2 Å². The van der Waals surface area contributed by atoms with Crippen molar-refractivity contribution < 1.29 is 9.59 Å². The monoisotopic (exact) mass is 372 g/mol. The molecule has 0 heterocycles. The van der Waals surface area contributed by atoms with E-state index in [1.807, 2.05) is 50.2 Å². The molecule has 1 unspecified atom stereocenters. The van der Waals surface area contributed by atoms with Gasteiger partial charge in [0, 0.05) is 18.6 Å². The van der Waals surface area contributed by atoms with Crippen LogP contribution in [0.3, 0.4) is 0 Å². The molecular weight excluding hydrogens is 348 g/mol. The zero-order valence-corrected chi connectivity index (χ0v) is 16.4. The molecule has 4 nitrogen and oxygen atoms in total. The highest BCUT2D eigenvalue weighted by Crippen LogP contribution is 2.17. The van der Waals surface area contributed by atoms with E-state index in [1.54, 1.807) is 24.9 Å². The summed E-state index contributed by atoms with van der Waals surface area (Å²) in [5.41, 5.74) is 4.05. The van der Waals surface area contributed by atoms with Crippen LogP contribution in [-0.4, -0.2) is 29.8 Å². The average molecular weight is 373 g/mol. The molecule has 5 heteroatoms. The predicted molar refractivity (Wildman–Crippen MR) is 105 cm³/mol. The molecule has 26 heavy (non-hydrogen) atoms. The van der Waals surface area contributed by atoms with Crippen molar-refractivity contribution in [1.82, 2.24) is 10.2 Å². The molecule has 0 aliphatic carbocycles. The molecule has 2 aromatic carbocycles. The third-order valence-electron chi connectivity index (χ3n) is 4.50. The van der Waals surface area contributed by atoms with Crippen LogP contribution < -0.4 is 5.32 Å². The SMILES string of the molecule is CNC(=O)C(C)N(Cc1cccc(Cl)c1)C(=O)Cc1cc(C)ccc1C. The molecule has 0 aromatic heterocycles. The summed E-state index contributed by atoms with van der Waals surface area (Å²) in [7, 11) is 1.57. The molecule has 0 radical (unpaired) electrons. The third kappa shape index (κ3) is 5.09. The minimum atomic E-state index is -0.573. The Bertz CT molecular complexity index is 804. The zero-order chi connectivity index (χ0) is 19.3. The van der Waals surface area contributed by atoms with Crippen molar-refractivity contribution in [3.63, 3.8) is 0 Å². The van der Waals surface area contributed by atoms with Gasteiger partial charge in [-0.2, -0.15) is 0 Å². The number of carbonyl (C=O) groups excluding carboxylic acids is 2. The molecule has 0 fully saturated rings. The normalized spacial score (nSPS) is 11.7. The molecule has 1 N–H and O–H groups in total. The number of carbonyl (C=O) groups is 2. The summed E-state index contributed by atoms with van der Waals surface area (Å²) >= 11 is 6.06. The summed E-state index contributed by atoms with van der Waals surface area (Å²) in [6.07, 6.45) is 0.259. The van der Waals surface area contributed by atoms with E-state index in [4.69, 9.17) is 11.6 Å². The second-order valence-electron chi connectivity index (χ2n) is 6.55. The fourth-order valence-electron chi connectivity index (χ4n) is 2.88. The van der Waals surface area contributed by atoms with Crippen molar-refractivity contribution in [1.29, 1.82) is 0 Å². The molecule has 0 saturated carbocycles. The number of rotatable bonds is 6. The number of nitrogens with one attached hydrogen (secondary N) is 1. The summed E-state index contributed by atoms with van der Waals surface area (Å²) in [4.78, 5) is 26.8. The van der Waals surface area contributed by atoms with Gasteiger partial charge in [-0.1, -0.05) is 47.5 Å². The highest BCUT2D eigenvalue weighted by atomic mass is 35.5. The quantitative estimate of drug-likeness (QED) is 0.841. The first-order valence-corrected chi connectivity index (χ1v) is 9.01. The molecule has 0 bridgehead atoms. The van der Waals surface area contributed by atoms with Gasteiger partial charge < -0.3 is 10.2 Å². The van der Waals surface area contributed by atoms with Crippen molar-refractivity contribution in [2.75, 3.05) is 7.05 Å². The smallest absolute Gasteiger partial charge is 0.242 e. The van der Waals surface area contributed by atoms with Crippen molar-refractivity contribution in [2.24, 2.45) is 0 Å². The third-order valence-corrected chi connectivity index (χ3v) is 4.74. The summed E-state index contributed by atoms with van der Waals surface area (Å²) < 4.78 is 0. The first-order chi connectivity index (χ1) is 12.3. The van der Waals surface area contributed by atoms with Crippen LogP contribution in [0, 0.1) is 13.8 Å². The summed E-state index contributed by atoms with van der Waals surface area (Å²) in [6, 6.07) is 12.8. The lowest BCUT2D eigenvalue weighted by molar-refractivity contribution is -0.139. The summed E-state index contributed by atoms with van der Waals surface area (Å²) in [5, 5.41) is 3.23. The molecule has 0 saturated heterocycles. The second kappa shape index (κ2) is 8.86. The summed E-state index contributed by atoms with van der Waals surface area (Å²) in [6.45, 7) is 6.07. The molecule has 0 aliphatic heterocycles. The van der Waals surface area contributed by atoms with Gasteiger partial charge in [0.15, 0.2) is 0 Å². The Morgan fingerprint density at radius 3 is 2.54 bits per heavy atom. The van der Waals surface area contributed by atoms with Crippen molar-refractivity contribution in [2.45, 2.75) is 39.8 Å². The van der Waals surface area contributed by atoms with Crippen LogP contribution in [0.15, 0.2) is 42.5 Å². The number of nitrogens with zero attached hydrogens (tertiary/aromatic N) is 1. The molecule has 2 rings (SSSR count). The Labute approximate surface area is 160 Å². The van der Waals surface area contributed by atoms with Crippen LogP contribution in [0.4, 0.5) is 0 Å². The van der Waals surface area contributed by atoms with E-state index in [2.05, 4.69) is 5.32 Å². The fourth-order valence-corrected chi connectivity index (χ4v) is 3.09. The van der Waals surface area contributed by atoms with E-state index in [0.29, 0.717) is 11.6 Å². The van der Waals surface area contributed by atoms with Crippen LogP contribution in [-0.2, 0) is 22.6 Å². The van der Waals surface area contributed by atoms with Crippen LogP contribution in [0.2, 0.25) is 5.02 Å². The minimum absolute atomic E-state index is 0.0882. The highest BCUT2D eigenvalue weighted by Gasteiger charge is 2.25. The Kier molecular flexibility index (Phi) is 6.81. The number of hydrogen-bond acceptors (Lipinski definition) is 2. The van der Waals surface area contributed by atoms with E-state index in [1.165, 1.54) is 0 Å². The molecule has 1 atom stereocenters. The lowest BCUT2D eigenvalue weighted by Crippen LogP contribution is -2.47. The van der Waals surface area contributed by atoms with Crippen molar-refractivity contribution >= 4 is 23.4 Å². The lowest BCUT2D eigenvalue weighted by atomic mass is 10.0. The van der Waals surface area contributed by atoms with Gasteiger partial charge in [0.05, 0.1) is 6.42 Å². The molecule has 0 aliphatic rings. The maximum atomic E-state index is 13.0. The fraction of sp³-hybridized carbons (Fsp3) is 0.333. The molecule has 2 aromatic rings. The van der Waals surface area contributed by atoms with Gasteiger partial charge in [0.25, 0.3) is 0 Å². The van der Waals surface area contributed by atoms with E-state index in [9.17, 15) is 9.59 Å². The van der Waals surface area contributed by atoms with Crippen LogP contribution in [0.25, 0.3) is 0 Å². The van der Waals surface area contributed by atoms with Gasteiger partial charge in [-0.3, -0.25) is 9.59 Å². The van der Waals surface area contributed by atoms with Gasteiger partial charge in [-0.15, -0.1) is 0 Å². The van der Waals surface area contributed by atoms with Crippen molar-refractivity contribution in [3.8, 4) is 0 Å². The van der Waals surface area contributed by atoms with Crippen LogP contribution >= 0.6 is 11.6 Å². The standard InChI is InChI=1S/C21H25ClN2O2/c1-14-8-9-15(2)18(10-14)12-20(25)24(16(3)21(26)23-4)13-17-6-5-7-19(22)11-17/h5-11,16H,12-13H2,1-4H3,(H,23,26). The second-order valence-corrected chi connectivity index (χ2v) is 6.98. The predicted octanol–water partition coefficient (Wildman–Crippen LogP) is 3.66. The lowest BCUT2D eigenvalue weighted by Gasteiger charge is -2.28. The van der Waals surface area contributed by atoms with E-state index in [0.717, 1.165) is 22.3 Å². The number of benzene rings is 2. The van der Waals surface area contributed by atoms with E-state index < -0.39 is 6.04 Å². The van der Waals surface area contributed by atoms with Crippen molar-refractivity contribution in [3.05, 3.63) is 69.7 Å². The molecule has 138 valence electrons. The van der Waals surface area contributed by atoms with Gasteiger partial charge in [-0.05, 0) is 49.6 Å². The van der Waals surface area contributed by atoms with Gasteiger partial charge in [0.2, 0.25) is 11.8 Å².